The van der Waals surface area contributed by atoms with Gasteiger partial charge < -0.3 is 0 Å². The Bertz CT molecular complexity index is 1040. The fourth-order valence-electron chi connectivity index (χ4n) is 4.35. The van der Waals surface area contributed by atoms with Crippen LogP contribution in [-0.2, 0) is 12.2 Å². The van der Waals surface area contributed by atoms with Crippen LogP contribution in [0.4, 0.5) is 0 Å². The summed E-state index contributed by atoms with van der Waals surface area (Å²) >= 11 is -0.00393. The molecule has 158 valence electrons. The van der Waals surface area contributed by atoms with Crippen molar-refractivity contribution in [2.75, 3.05) is 22.7 Å². The van der Waals surface area contributed by atoms with Crippen molar-refractivity contribution < 1.29 is 40.2 Å². The van der Waals surface area contributed by atoms with Crippen molar-refractivity contribution in [1.82, 2.24) is 0 Å². The number of hydrogen-bond donors (Lipinski definition) is 1. The summed E-state index contributed by atoms with van der Waals surface area (Å²) < 4.78 is 25.9. The van der Waals surface area contributed by atoms with E-state index in [2.05, 4.69) is 29.2 Å². The van der Waals surface area contributed by atoms with Gasteiger partial charge >= 0.3 is 187 Å². The van der Waals surface area contributed by atoms with Gasteiger partial charge in [0, 0.05) is 0 Å². The van der Waals surface area contributed by atoms with Crippen molar-refractivity contribution in [3.8, 4) is 23.0 Å². The summed E-state index contributed by atoms with van der Waals surface area (Å²) in [6, 6.07) is 16.5. The monoisotopic (exact) mass is 518 g/mol. The molecule has 0 aromatic heterocycles. The molecule has 1 aliphatic carbocycles. The van der Waals surface area contributed by atoms with Crippen LogP contribution in [-0.4, -0.2) is 22.7 Å². The zero-order valence-electron chi connectivity index (χ0n) is 16.9. The summed E-state index contributed by atoms with van der Waals surface area (Å²) in [7, 11) is 0. The molecule has 0 saturated heterocycles. The van der Waals surface area contributed by atoms with Gasteiger partial charge in [-0.1, -0.05) is 0 Å². The Morgan fingerprint density at radius 2 is 1.77 bits per heavy atom. The molecule has 1 heterocycles. The maximum absolute atomic E-state index is 6.61. The first-order valence-electron chi connectivity index (χ1n) is 10.2. The Morgan fingerprint density at radius 3 is 2.47 bits per heavy atom. The second-order valence-corrected chi connectivity index (χ2v) is 9.68. The zero-order chi connectivity index (χ0) is 20.6. The fraction of sp³-hybridized carbons (Fsp3) is 0.333. The van der Waals surface area contributed by atoms with Crippen LogP contribution in [0.25, 0.3) is 10.8 Å². The third kappa shape index (κ3) is 3.36. The van der Waals surface area contributed by atoms with E-state index in [0.717, 1.165) is 63.2 Å². The number of nitrogens with two attached hydrogens (primary N) is 1. The second-order valence-electron chi connectivity index (χ2n) is 7.53. The molecule has 0 saturated carbocycles. The summed E-state index contributed by atoms with van der Waals surface area (Å²) in [5.74, 6) is 2.39. The average molecular weight is 518 g/mol. The van der Waals surface area contributed by atoms with Crippen LogP contribution in [0.1, 0.15) is 24.0 Å². The number of fused-ring (bicyclic) bond motifs is 2. The Balaban J connectivity index is 1.61. The van der Waals surface area contributed by atoms with Gasteiger partial charge in [0.25, 0.3) is 0 Å². The van der Waals surface area contributed by atoms with Crippen LogP contribution in [0.2, 0.25) is 0 Å². The first-order chi connectivity index (χ1) is 14.7. The fourth-order valence-corrected chi connectivity index (χ4v) is 5.00. The van der Waals surface area contributed by atoms with E-state index in [0.29, 0.717) is 13.2 Å². The predicted molar refractivity (Wildman–Crippen MR) is 112 cm³/mol. The molecule has 2 aliphatic rings. The van der Waals surface area contributed by atoms with Gasteiger partial charge in [-0.2, -0.15) is 0 Å². The maximum atomic E-state index is 6.61. The number of hydrogen-bond acceptors (Lipinski definition) is 5. The number of ether oxygens (including phenoxy) is 4. The van der Waals surface area contributed by atoms with Crippen LogP contribution >= 0.6 is 0 Å². The second kappa shape index (κ2) is 8.15. The van der Waals surface area contributed by atoms with E-state index in [1.165, 1.54) is 5.56 Å². The number of aryl methyl sites for hydroxylation is 1. The van der Waals surface area contributed by atoms with Crippen molar-refractivity contribution in [3.05, 3.63) is 59.7 Å². The van der Waals surface area contributed by atoms with Gasteiger partial charge in [-0.05, 0) is 0 Å². The molecule has 0 fully saturated rings. The molecule has 2 N–H and O–H groups in total. The van der Waals surface area contributed by atoms with Crippen LogP contribution < -0.4 is 45.9 Å². The van der Waals surface area contributed by atoms with Crippen LogP contribution in [0.5, 0.6) is 23.0 Å². The van der Waals surface area contributed by atoms with E-state index in [1.807, 2.05) is 24.3 Å². The Morgan fingerprint density at radius 1 is 1.03 bits per heavy atom. The molecule has 0 amide bonds. The van der Waals surface area contributed by atoms with Crippen molar-refractivity contribution in [3.63, 3.8) is 0 Å². The van der Waals surface area contributed by atoms with Crippen molar-refractivity contribution >= 4 is 10.8 Å². The van der Waals surface area contributed by atoms with Gasteiger partial charge in [0.15, 0.2) is 0 Å². The number of halogens is 1. The summed E-state index contributed by atoms with van der Waals surface area (Å²) in [5.41, 5.74) is 7.87. The van der Waals surface area contributed by atoms with E-state index < -0.39 is 5.79 Å². The number of benzene rings is 3. The summed E-state index contributed by atoms with van der Waals surface area (Å²) in [5, 5.41) is 2.16. The Kier molecular flexibility index (Phi) is 5.37. The third-order valence-electron chi connectivity index (χ3n) is 5.60. The van der Waals surface area contributed by atoms with E-state index in [9.17, 15) is 0 Å². The van der Waals surface area contributed by atoms with Gasteiger partial charge in [0.05, 0.1) is 0 Å². The molecule has 0 atom stereocenters. The molecular weight excluding hydrogens is 493 g/mol. The SMILES string of the molecule is C[I-]COc1cc2c(cc1OCCN)CCCC21Oc2cccc3cccc(c23)O1. The van der Waals surface area contributed by atoms with Crippen LogP contribution in [0.3, 0.4) is 0 Å². The molecule has 1 aliphatic heterocycles. The van der Waals surface area contributed by atoms with E-state index in [4.69, 9.17) is 24.7 Å². The first-order valence-corrected chi connectivity index (χ1v) is 13.9. The molecule has 3 aromatic carbocycles. The molecule has 0 bridgehead atoms. The van der Waals surface area contributed by atoms with Crippen LogP contribution in [0, 0.1) is 0 Å². The summed E-state index contributed by atoms with van der Waals surface area (Å²) in [6.07, 6.45) is 2.71. The molecule has 5 rings (SSSR count). The van der Waals surface area contributed by atoms with Crippen LogP contribution in [0.15, 0.2) is 48.5 Å². The first kappa shape index (κ1) is 19.8. The quantitative estimate of drug-likeness (QED) is 0.393. The topological polar surface area (TPSA) is 62.9 Å². The van der Waals surface area contributed by atoms with E-state index in [1.54, 1.807) is 0 Å². The molecule has 5 nitrogen and oxygen atoms in total. The molecule has 30 heavy (non-hydrogen) atoms. The summed E-state index contributed by atoms with van der Waals surface area (Å²) in [4.78, 5) is 2.20. The average Bonchev–Trinajstić information content (AvgIpc) is 2.77. The molecule has 0 radical (unpaired) electrons. The van der Waals surface area contributed by atoms with Gasteiger partial charge in [0.1, 0.15) is 0 Å². The minimum atomic E-state index is -0.845. The minimum absolute atomic E-state index is 0.00393. The third-order valence-corrected chi connectivity index (χ3v) is 6.54. The predicted octanol–water partition coefficient (Wildman–Crippen LogP) is 1.19. The number of alkyl halides is 2. The molecule has 1 spiro atoms. The van der Waals surface area contributed by atoms with Crippen molar-refractivity contribution in [2.24, 2.45) is 5.73 Å². The molecule has 3 aromatic rings. The van der Waals surface area contributed by atoms with Crippen molar-refractivity contribution in [2.45, 2.75) is 25.0 Å². The Hall–Kier alpha value is -2.19. The summed E-state index contributed by atoms with van der Waals surface area (Å²) in [6.45, 7) is 0.929. The normalized spacial score (nSPS) is 16.1. The molecular formula is C24H25INO4-. The zero-order valence-corrected chi connectivity index (χ0v) is 19.1. The van der Waals surface area contributed by atoms with Gasteiger partial charge in [-0.25, -0.2) is 0 Å². The standard InChI is InChI=1S/C24H25INO4/c1-25-15-28-22-14-18-17(13-21(22)27-12-11-26)7-4-10-24(18)29-19-8-2-5-16-6-3-9-20(30-24)23(16)19/h2-3,5-6,8-9,13-14H,4,7,10-12,15,26H2,1H3/q-1. The molecule has 6 heteroatoms. The van der Waals surface area contributed by atoms with Gasteiger partial charge in [-0.15, -0.1) is 0 Å². The Labute approximate surface area is 186 Å². The van der Waals surface area contributed by atoms with Gasteiger partial charge in [0.2, 0.25) is 0 Å². The molecule has 0 unspecified atom stereocenters. The van der Waals surface area contributed by atoms with E-state index >= 15 is 0 Å². The van der Waals surface area contributed by atoms with Gasteiger partial charge in [-0.3, -0.25) is 0 Å². The van der Waals surface area contributed by atoms with E-state index in [-0.39, 0.29) is 21.2 Å². The van der Waals surface area contributed by atoms with Crippen molar-refractivity contribution in [1.29, 1.82) is 0 Å². The number of rotatable bonds is 6.